The third kappa shape index (κ3) is 3.37. The van der Waals surface area contributed by atoms with E-state index in [2.05, 4.69) is 10.3 Å². The molecular weight excluding hydrogens is 441 g/mol. The van der Waals surface area contributed by atoms with Crippen molar-refractivity contribution in [1.82, 2.24) is 24.8 Å². The Kier molecular flexibility index (Phi) is 4.93. The SMILES string of the molecule is O=C1[C@H](c2ccc(F)cc2)[C@@H](c2ccc3c(c2)OCO3)N1C1CCN(C(=O)n2ccnn2)CC1. The van der Waals surface area contributed by atoms with Crippen LogP contribution in [0.25, 0.3) is 0 Å². The van der Waals surface area contributed by atoms with Crippen LogP contribution >= 0.6 is 0 Å². The van der Waals surface area contributed by atoms with Gasteiger partial charge in [-0.1, -0.05) is 23.4 Å². The summed E-state index contributed by atoms with van der Waals surface area (Å²) in [6.07, 6.45) is 4.30. The molecule has 0 saturated carbocycles. The van der Waals surface area contributed by atoms with Crippen molar-refractivity contribution < 1.29 is 23.5 Å². The molecule has 3 aliphatic heterocycles. The van der Waals surface area contributed by atoms with Crippen molar-refractivity contribution in [3.63, 3.8) is 0 Å². The Morgan fingerprint density at radius 3 is 2.47 bits per heavy atom. The summed E-state index contributed by atoms with van der Waals surface area (Å²) >= 11 is 0. The second-order valence-electron chi connectivity index (χ2n) is 8.68. The number of β-lactam (4-membered cyclic amide) rings is 1. The lowest BCUT2D eigenvalue weighted by Crippen LogP contribution is -2.60. The zero-order valence-electron chi connectivity index (χ0n) is 18.2. The van der Waals surface area contributed by atoms with Crippen LogP contribution in [0.15, 0.2) is 54.9 Å². The summed E-state index contributed by atoms with van der Waals surface area (Å²) in [7, 11) is 0. The summed E-state index contributed by atoms with van der Waals surface area (Å²) in [6, 6.07) is 11.4. The van der Waals surface area contributed by atoms with Gasteiger partial charge in [0.25, 0.3) is 0 Å². The maximum atomic E-state index is 13.5. The molecule has 0 N–H and O–H groups in total. The van der Waals surface area contributed by atoms with Gasteiger partial charge in [0.05, 0.1) is 24.4 Å². The molecule has 0 bridgehead atoms. The maximum Gasteiger partial charge on any atom is 0.346 e. The predicted molar refractivity (Wildman–Crippen MR) is 117 cm³/mol. The minimum atomic E-state index is -0.407. The number of amides is 2. The van der Waals surface area contributed by atoms with Gasteiger partial charge in [-0.15, -0.1) is 5.10 Å². The molecule has 0 aliphatic carbocycles. The molecule has 6 rings (SSSR count). The number of carbonyl (C=O) groups is 2. The molecule has 9 nitrogen and oxygen atoms in total. The molecular formula is C24H22FN5O4. The summed E-state index contributed by atoms with van der Waals surface area (Å²) in [4.78, 5) is 29.7. The Morgan fingerprint density at radius 1 is 1.00 bits per heavy atom. The number of hydrogen-bond donors (Lipinski definition) is 0. The van der Waals surface area contributed by atoms with Gasteiger partial charge in [-0.2, -0.15) is 4.68 Å². The highest BCUT2D eigenvalue weighted by Gasteiger charge is 2.52. The summed E-state index contributed by atoms with van der Waals surface area (Å²) < 4.78 is 25.8. The van der Waals surface area contributed by atoms with Gasteiger partial charge in [0.1, 0.15) is 5.82 Å². The van der Waals surface area contributed by atoms with E-state index in [9.17, 15) is 14.0 Å². The number of halogens is 1. The number of benzene rings is 2. The van der Waals surface area contributed by atoms with E-state index in [-0.39, 0.29) is 36.6 Å². The molecule has 0 spiro atoms. The van der Waals surface area contributed by atoms with Crippen molar-refractivity contribution in [3.8, 4) is 11.5 Å². The fraction of sp³-hybridized carbons (Fsp3) is 0.333. The van der Waals surface area contributed by atoms with Crippen LogP contribution in [0.2, 0.25) is 0 Å². The number of hydrogen-bond acceptors (Lipinski definition) is 6. The first-order chi connectivity index (χ1) is 16.6. The maximum absolute atomic E-state index is 13.5. The van der Waals surface area contributed by atoms with Crippen molar-refractivity contribution in [2.45, 2.75) is 30.8 Å². The fourth-order valence-electron chi connectivity index (χ4n) is 5.15. The van der Waals surface area contributed by atoms with E-state index in [1.54, 1.807) is 17.0 Å². The van der Waals surface area contributed by atoms with Crippen molar-refractivity contribution in [2.75, 3.05) is 19.9 Å². The lowest BCUT2D eigenvalue weighted by molar-refractivity contribution is -0.156. The normalized spacial score (nSPS) is 22.1. The predicted octanol–water partition coefficient (Wildman–Crippen LogP) is 2.95. The largest absolute Gasteiger partial charge is 0.454 e. The van der Waals surface area contributed by atoms with Gasteiger partial charge in [-0.05, 0) is 48.2 Å². The van der Waals surface area contributed by atoms with E-state index in [0.717, 1.165) is 11.1 Å². The second kappa shape index (κ2) is 8.12. The van der Waals surface area contributed by atoms with E-state index in [0.29, 0.717) is 37.4 Å². The minimum Gasteiger partial charge on any atom is -0.454 e. The van der Waals surface area contributed by atoms with Crippen LogP contribution in [0.1, 0.15) is 35.9 Å². The number of ether oxygens (including phenoxy) is 2. The van der Waals surface area contributed by atoms with Gasteiger partial charge < -0.3 is 19.3 Å². The van der Waals surface area contributed by atoms with E-state index in [1.807, 2.05) is 23.1 Å². The van der Waals surface area contributed by atoms with E-state index in [1.165, 1.54) is 29.2 Å². The number of piperidine rings is 1. The Balaban J connectivity index is 1.26. The van der Waals surface area contributed by atoms with Gasteiger partial charge in [0.2, 0.25) is 12.7 Å². The number of aromatic nitrogens is 3. The standard InChI is InChI=1S/C24H22FN5O4/c25-17-4-1-15(2-5-17)21-22(16-3-6-19-20(13-16)34-14-33-19)30(23(21)31)18-7-10-28(11-8-18)24(32)29-12-9-26-27-29/h1-6,9,12-13,18,21-22H,7-8,10-11,14H2/t21-,22-/m1/s1. The van der Waals surface area contributed by atoms with Crippen LogP contribution in [0.3, 0.4) is 0 Å². The molecule has 174 valence electrons. The number of likely N-dealkylation sites (tertiary alicyclic amines) is 2. The molecule has 2 atom stereocenters. The second-order valence-corrected chi connectivity index (χ2v) is 8.68. The third-order valence-electron chi connectivity index (χ3n) is 6.85. The third-order valence-corrected chi connectivity index (χ3v) is 6.85. The van der Waals surface area contributed by atoms with Crippen LogP contribution < -0.4 is 9.47 Å². The van der Waals surface area contributed by atoms with Crippen LogP contribution in [0, 0.1) is 5.82 Å². The summed E-state index contributed by atoms with van der Waals surface area (Å²) in [6.45, 7) is 1.20. The summed E-state index contributed by atoms with van der Waals surface area (Å²) in [5.41, 5.74) is 1.73. The molecule has 2 amide bonds. The molecule has 4 heterocycles. The van der Waals surface area contributed by atoms with Crippen molar-refractivity contribution in [1.29, 1.82) is 0 Å². The first kappa shape index (κ1) is 20.6. The first-order valence-electron chi connectivity index (χ1n) is 11.2. The van der Waals surface area contributed by atoms with E-state index < -0.39 is 5.92 Å². The lowest BCUT2D eigenvalue weighted by atomic mass is 9.75. The van der Waals surface area contributed by atoms with Crippen molar-refractivity contribution in [3.05, 3.63) is 71.8 Å². The number of rotatable bonds is 3. The van der Waals surface area contributed by atoms with E-state index >= 15 is 0 Å². The monoisotopic (exact) mass is 463 g/mol. The van der Waals surface area contributed by atoms with Crippen LogP contribution in [-0.4, -0.2) is 62.7 Å². The van der Waals surface area contributed by atoms with Crippen LogP contribution in [-0.2, 0) is 4.79 Å². The molecule has 2 fully saturated rings. The molecule has 0 radical (unpaired) electrons. The van der Waals surface area contributed by atoms with Crippen LogP contribution in [0.4, 0.5) is 9.18 Å². The minimum absolute atomic E-state index is 0.00956. The van der Waals surface area contributed by atoms with Gasteiger partial charge in [0, 0.05) is 19.1 Å². The quantitative estimate of drug-likeness (QED) is 0.555. The van der Waals surface area contributed by atoms with Gasteiger partial charge in [-0.25, -0.2) is 9.18 Å². The van der Waals surface area contributed by atoms with Gasteiger partial charge >= 0.3 is 6.03 Å². The zero-order valence-corrected chi connectivity index (χ0v) is 18.2. The summed E-state index contributed by atoms with van der Waals surface area (Å²) in [5, 5.41) is 7.47. The van der Waals surface area contributed by atoms with Crippen molar-refractivity contribution in [2.24, 2.45) is 0 Å². The molecule has 2 aromatic carbocycles. The lowest BCUT2D eigenvalue weighted by Gasteiger charge is -2.53. The number of nitrogens with zero attached hydrogens (tertiary/aromatic N) is 5. The van der Waals surface area contributed by atoms with E-state index in [4.69, 9.17) is 9.47 Å². The molecule has 34 heavy (non-hydrogen) atoms. The topological polar surface area (TPSA) is 89.8 Å². The molecule has 10 heteroatoms. The average molecular weight is 463 g/mol. The fourth-order valence-corrected chi connectivity index (χ4v) is 5.15. The van der Waals surface area contributed by atoms with Gasteiger partial charge in [-0.3, -0.25) is 4.79 Å². The zero-order chi connectivity index (χ0) is 23.2. The smallest absolute Gasteiger partial charge is 0.346 e. The highest BCUT2D eigenvalue weighted by molar-refractivity contribution is 5.92. The number of fused-ring (bicyclic) bond motifs is 1. The highest BCUT2D eigenvalue weighted by Crippen LogP contribution is 2.50. The van der Waals surface area contributed by atoms with Crippen LogP contribution in [0.5, 0.6) is 11.5 Å². The Labute approximate surface area is 194 Å². The molecule has 3 aromatic rings. The number of carbonyl (C=O) groups excluding carboxylic acids is 2. The van der Waals surface area contributed by atoms with Crippen molar-refractivity contribution >= 4 is 11.9 Å². The molecule has 0 unspecified atom stereocenters. The Bertz CT molecular complexity index is 1220. The summed E-state index contributed by atoms with van der Waals surface area (Å²) in [5.74, 6) is 0.602. The van der Waals surface area contributed by atoms with Gasteiger partial charge in [0.15, 0.2) is 11.5 Å². The average Bonchev–Trinajstić information content (AvgIpc) is 3.56. The molecule has 1 aromatic heterocycles. The molecule has 2 saturated heterocycles. The highest BCUT2D eigenvalue weighted by atomic mass is 19.1. The molecule has 3 aliphatic rings. The Morgan fingerprint density at radius 2 is 1.74 bits per heavy atom. The Hall–Kier alpha value is -3.95. The first-order valence-corrected chi connectivity index (χ1v) is 11.2.